The average molecular weight is 381 g/mol. The summed E-state index contributed by atoms with van der Waals surface area (Å²) in [6.07, 6.45) is 0. The number of hydrogen-bond donors (Lipinski definition) is 3. The summed E-state index contributed by atoms with van der Waals surface area (Å²) in [5.74, 6) is 1.16. The Morgan fingerprint density at radius 3 is 2.57 bits per heavy atom. The Morgan fingerprint density at radius 2 is 2.04 bits per heavy atom. The molecule has 0 aliphatic carbocycles. The number of guanidine groups is 1. The predicted octanol–water partition coefficient (Wildman–Crippen LogP) is 2.28. The van der Waals surface area contributed by atoms with Crippen LogP contribution in [-0.2, 0) is 10.0 Å². The van der Waals surface area contributed by atoms with Crippen molar-refractivity contribution in [2.24, 2.45) is 10.9 Å². The number of hydrogen-bond acceptors (Lipinski definition) is 4. The maximum atomic E-state index is 12.0. The zero-order chi connectivity index (χ0) is 17.5. The Morgan fingerprint density at radius 1 is 1.35 bits per heavy atom. The van der Waals surface area contributed by atoms with Crippen LogP contribution >= 0.6 is 22.9 Å². The molecule has 1 aromatic heterocycles. The van der Waals surface area contributed by atoms with Gasteiger partial charge in [0, 0.05) is 19.1 Å². The van der Waals surface area contributed by atoms with Crippen LogP contribution in [0.4, 0.5) is 0 Å². The lowest BCUT2D eigenvalue weighted by Crippen LogP contribution is -2.44. The second kappa shape index (κ2) is 9.46. The molecule has 0 aromatic carbocycles. The average Bonchev–Trinajstić information content (AvgIpc) is 2.91. The van der Waals surface area contributed by atoms with Gasteiger partial charge in [-0.2, -0.15) is 0 Å². The van der Waals surface area contributed by atoms with Gasteiger partial charge in [-0.05, 0) is 31.9 Å². The molecule has 1 heterocycles. The minimum Gasteiger partial charge on any atom is -0.357 e. The van der Waals surface area contributed by atoms with Gasteiger partial charge in [0.25, 0.3) is 0 Å². The summed E-state index contributed by atoms with van der Waals surface area (Å²) in [4.78, 5) is 4.38. The Kier molecular flexibility index (Phi) is 8.32. The molecule has 6 nitrogen and oxygen atoms in total. The van der Waals surface area contributed by atoms with Crippen LogP contribution in [0.2, 0.25) is 4.34 Å². The maximum absolute atomic E-state index is 12.0. The fourth-order valence-electron chi connectivity index (χ4n) is 1.56. The molecule has 0 saturated carbocycles. The normalized spacial score (nSPS) is 14.1. The van der Waals surface area contributed by atoms with Crippen LogP contribution in [0.1, 0.15) is 27.7 Å². The van der Waals surface area contributed by atoms with E-state index in [-0.39, 0.29) is 16.8 Å². The summed E-state index contributed by atoms with van der Waals surface area (Å²) in [5.41, 5.74) is 0. The van der Waals surface area contributed by atoms with Crippen LogP contribution in [-0.4, -0.2) is 40.1 Å². The lowest BCUT2D eigenvalue weighted by molar-refractivity contribution is 0.481. The molecule has 9 heteroatoms. The fraction of sp³-hybridized carbons (Fsp3) is 0.643. The topological polar surface area (TPSA) is 82.6 Å². The molecule has 0 radical (unpaired) electrons. The Hall–Kier alpha value is -0.830. The monoisotopic (exact) mass is 380 g/mol. The van der Waals surface area contributed by atoms with Gasteiger partial charge in [-0.3, -0.25) is 4.99 Å². The second-order valence-electron chi connectivity index (χ2n) is 5.39. The standard InChI is InChI=1S/C14H25ClN4O2S2/c1-5-16-14(19-11(4)10(2)3)17-8-9-18-23(20,21)13-7-6-12(15)22-13/h6-7,10-11,18H,5,8-9H2,1-4H3,(H2,16,17,19). The minimum atomic E-state index is -3.51. The van der Waals surface area contributed by atoms with Crippen LogP contribution in [0.15, 0.2) is 21.3 Å². The van der Waals surface area contributed by atoms with Crippen molar-refractivity contribution in [3.63, 3.8) is 0 Å². The first kappa shape index (κ1) is 20.2. The summed E-state index contributed by atoms with van der Waals surface area (Å²) in [7, 11) is -3.51. The molecule has 3 N–H and O–H groups in total. The van der Waals surface area contributed by atoms with Crippen LogP contribution in [0, 0.1) is 5.92 Å². The van der Waals surface area contributed by atoms with E-state index in [0.29, 0.717) is 22.8 Å². The molecule has 0 amide bonds. The molecule has 0 bridgehead atoms. The van der Waals surface area contributed by atoms with Crippen molar-refractivity contribution < 1.29 is 8.42 Å². The third-order valence-electron chi connectivity index (χ3n) is 3.20. The zero-order valence-corrected chi connectivity index (χ0v) is 16.3. The van der Waals surface area contributed by atoms with Gasteiger partial charge in [0.15, 0.2) is 5.96 Å². The molecule has 0 aliphatic rings. The van der Waals surface area contributed by atoms with E-state index in [2.05, 4.69) is 41.1 Å². The van der Waals surface area contributed by atoms with Crippen molar-refractivity contribution in [1.82, 2.24) is 15.4 Å². The summed E-state index contributed by atoms with van der Waals surface area (Å²) in [6, 6.07) is 3.34. The predicted molar refractivity (Wildman–Crippen MR) is 97.9 cm³/mol. The highest BCUT2D eigenvalue weighted by molar-refractivity contribution is 7.91. The van der Waals surface area contributed by atoms with Crippen molar-refractivity contribution in [3.05, 3.63) is 16.5 Å². The highest BCUT2D eigenvalue weighted by Gasteiger charge is 2.15. The fourth-order valence-corrected chi connectivity index (χ4v) is 4.11. The van der Waals surface area contributed by atoms with Crippen LogP contribution in [0.25, 0.3) is 0 Å². The van der Waals surface area contributed by atoms with Gasteiger partial charge in [0.05, 0.1) is 10.9 Å². The van der Waals surface area contributed by atoms with Crippen molar-refractivity contribution in [3.8, 4) is 0 Å². The highest BCUT2D eigenvalue weighted by Crippen LogP contribution is 2.25. The molecule has 1 rings (SSSR count). The first-order valence-electron chi connectivity index (χ1n) is 7.56. The molecule has 0 spiro atoms. The smallest absolute Gasteiger partial charge is 0.250 e. The number of nitrogens with one attached hydrogen (secondary N) is 3. The van der Waals surface area contributed by atoms with E-state index in [0.717, 1.165) is 17.9 Å². The molecule has 23 heavy (non-hydrogen) atoms. The number of rotatable bonds is 8. The van der Waals surface area contributed by atoms with E-state index in [1.165, 1.54) is 6.07 Å². The molecule has 0 aliphatic heterocycles. The maximum Gasteiger partial charge on any atom is 0.250 e. The third kappa shape index (κ3) is 7.07. The number of halogens is 1. The van der Waals surface area contributed by atoms with E-state index >= 15 is 0 Å². The lowest BCUT2D eigenvalue weighted by Gasteiger charge is -2.20. The van der Waals surface area contributed by atoms with Gasteiger partial charge in [-0.1, -0.05) is 25.4 Å². The van der Waals surface area contributed by atoms with Crippen molar-refractivity contribution >= 4 is 38.9 Å². The first-order valence-corrected chi connectivity index (χ1v) is 10.2. The van der Waals surface area contributed by atoms with Gasteiger partial charge in [0.2, 0.25) is 10.0 Å². The SMILES string of the molecule is CCNC(=NCCNS(=O)(=O)c1ccc(Cl)s1)NC(C)C(C)C. The van der Waals surface area contributed by atoms with Crippen molar-refractivity contribution in [1.29, 1.82) is 0 Å². The molecule has 132 valence electrons. The molecule has 0 fully saturated rings. The van der Waals surface area contributed by atoms with Crippen LogP contribution in [0.5, 0.6) is 0 Å². The van der Waals surface area contributed by atoms with Gasteiger partial charge in [0.1, 0.15) is 4.21 Å². The molecular formula is C14H25ClN4O2S2. The minimum absolute atomic E-state index is 0.213. The largest absolute Gasteiger partial charge is 0.357 e. The molecule has 1 aromatic rings. The lowest BCUT2D eigenvalue weighted by atomic mass is 10.1. The summed E-state index contributed by atoms with van der Waals surface area (Å²) in [5, 5.41) is 6.44. The van der Waals surface area contributed by atoms with E-state index in [4.69, 9.17) is 11.6 Å². The molecule has 1 unspecified atom stereocenters. The molecule has 1 atom stereocenters. The Bertz CT molecular complexity index is 614. The summed E-state index contributed by atoms with van der Waals surface area (Å²) < 4.78 is 27.3. The number of thiophene rings is 1. The number of nitrogens with zero attached hydrogens (tertiary/aromatic N) is 1. The molecular weight excluding hydrogens is 356 g/mol. The Balaban J connectivity index is 2.54. The zero-order valence-electron chi connectivity index (χ0n) is 13.9. The van der Waals surface area contributed by atoms with Gasteiger partial charge in [-0.25, -0.2) is 13.1 Å². The highest BCUT2D eigenvalue weighted by atomic mass is 35.5. The molecule has 0 saturated heterocycles. The van der Waals surface area contributed by atoms with E-state index in [1.807, 2.05) is 6.92 Å². The number of sulfonamides is 1. The van der Waals surface area contributed by atoms with E-state index in [1.54, 1.807) is 6.07 Å². The van der Waals surface area contributed by atoms with E-state index < -0.39 is 10.0 Å². The third-order valence-corrected chi connectivity index (χ3v) is 6.38. The number of aliphatic imine (C=N–C) groups is 1. The summed E-state index contributed by atoms with van der Waals surface area (Å²) in [6.45, 7) is 9.64. The second-order valence-corrected chi connectivity index (χ2v) is 9.10. The van der Waals surface area contributed by atoms with Gasteiger partial charge >= 0.3 is 0 Å². The van der Waals surface area contributed by atoms with Gasteiger partial charge < -0.3 is 10.6 Å². The van der Waals surface area contributed by atoms with Crippen LogP contribution < -0.4 is 15.4 Å². The van der Waals surface area contributed by atoms with E-state index in [9.17, 15) is 8.42 Å². The first-order chi connectivity index (χ1) is 10.8. The summed E-state index contributed by atoms with van der Waals surface area (Å²) >= 11 is 6.80. The van der Waals surface area contributed by atoms with Crippen LogP contribution in [0.3, 0.4) is 0 Å². The van der Waals surface area contributed by atoms with Crippen molar-refractivity contribution in [2.45, 2.75) is 37.9 Å². The van der Waals surface area contributed by atoms with Gasteiger partial charge in [-0.15, -0.1) is 11.3 Å². The Labute approximate surface area is 147 Å². The van der Waals surface area contributed by atoms with Crippen molar-refractivity contribution in [2.75, 3.05) is 19.6 Å². The quantitative estimate of drug-likeness (QED) is 0.367.